The number of unbranched alkanes of at least 4 members (excludes halogenated alkanes) is 3. The summed E-state index contributed by atoms with van der Waals surface area (Å²) in [7, 11) is -35.3. The summed E-state index contributed by atoms with van der Waals surface area (Å²) in [6.45, 7) is 2.24. The van der Waals surface area contributed by atoms with Crippen molar-refractivity contribution in [2.45, 2.75) is 64.4 Å². The van der Waals surface area contributed by atoms with Gasteiger partial charge >= 0.3 is 58.7 Å². The summed E-state index contributed by atoms with van der Waals surface area (Å²) in [4.78, 5) is 96.9. The van der Waals surface area contributed by atoms with E-state index in [1.807, 2.05) is 4.98 Å². The molecule has 2 amide bonds. The molecule has 0 spiro atoms. The molecule has 2 heterocycles. The van der Waals surface area contributed by atoms with Gasteiger partial charge in [0.15, 0.2) is 0 Å². The van der Waals surface area contributed by atoms with E-state index in [9.17, 15) is 76.2 Å². The van der Waals surface area contributed by atoms with E-state index in [0.29, 0.717) is 25.9 Å². The fourth-order valence-electron chi connectivity index (χ4n) is 4.14. The van der Waals surface area contributed by atoms with E-state index >= 15 is 0 Å². The van der Waals surface area contributed by atoms with Gasteiger partial charge in [0, 0.05) is 38.4 Å². The number of rotatable bonds is 25. The van der Waals surface area contributed by atoms with Gasteiger partial charge < -0.3 is 54.2 Å². The Labute approximate surface area is 316 Å². The Morgan fingerprint density at radius 3 is 1.89 bits per heavy atom. The fourth-order valence-corrected chi connectivity index (χ4v) is 12.0. The number of aliphatic hydroxyl groups excluding tert-OH is 1. The lowest BCUT2D eigenvalue weighted by molar-refractivity contribution is -0.0450. The highest BCUT2D eigenvalue weighted by atomic mass is 31.3. The van der Waals surface area contributed by atoms with Gasteiger partial charge in [0.05, 0.1) is 19.3 Å². The van der Waals surface area contributed by atoms with Crippen LogP contribution in [0.1, 0.15) is 50.8 Å². The number of nitrogens with one attached hydrogen (secondary N) is 2. The van der Waals surface area contributed by atoms with Crippen molar-refractivity contribution in [1.82, 2.24) is 19.8 Å². The van der Waals surface area contributed by atoms with Crippen molar-refractivity contribution in [3.63, 3.8) is 0 Å². The molecule has 1 aliphatic heterocycles. The van der Waals surface area contributed by atoms with Crippen LogP contribution in [-0.4, -0.2) is 107 Å². The predicted molar refractivity (Wildman–Crippen MR) is 183 cm³/mol. The number of phosphoric acid groups is 6. The Bertz CT molecular complexity index is 1910. The van der Waals surface area contributed by atoms with Gasteiger partial charge in [-0.05, 0) is 26.7 Å². The number of hydrogen-bond donors (Lipinski definition) is 9. The van der Waals surface area contributed by atoms with Crippen molar-refractivity contribution in [3.05, 3.63) is 32.6 Å². The number of ether oxygens (including phenoxy) is 2. The summed E-state index contributed by atoms with van der Waals surface area (Å²) >= 11 is 0. The van der Waals surface area contributed by atoms with Crippen LogP contribution in [0.25, 0.3) is 0 Å². The second kappa shape index (κ2) is 21.3. The van der Waals surface area contributed by atoms with Crippen LogP contribution in [0.4, 0.5) is 4.79 Å². The van der Waals surface area contributed by atoms with Crippen LogP contribution in [-0.2, 0) is 67.5 Å². The van der Waals surface area contributed by atoms with Crippen LogP contribution < -0.4 is 16.6 Å². The average molecular weight is 936 g/mol. The third-order valence-electron chi connectivity index (χ3n) is 6.53. The van der Waals surface area contributed by atoms with Crippen molar-refractivity contribution in [2.75, 3.05) is 40.1 Å². The Hall–Kier alpha value is -1.31. The van der Waals surface area contributed by atoms with E-state index in [1.165, 1.54) is 18.9 Å². The minimum absolute atomic E-state index is 0.0711. The number of aryl methyl sites for hydroxylation is 1. The molecular formula is C21H42N4O25P6. The van der Waals surface area contributed by atoms with E-state index < -0.39 is 89.8 Å². The number of nitrogens with zero attached hydrogens (tertiary/aromatic N) is 2. The smallest absolute Gasteiger partial charge is 0.390 e. The van der Waals surface area contributed by atoms with Gasteiger partial charge in [0.25, 0.3) is 5.56 Å². The van der Waals surface area contributed by atoms with E-state index in [-0.39, 0.29) is 37.7 Å². The molecule has 0 bridgehead atoms. The molecule has 2 rings (SSSR count). The molecule has 56 heavy (non-hydrogen) atoms. The molecule has 35 heteroatoms. The van der Waals surface area contributed by atoms with Gasteiger partial charge in [-0.15, -0.1) is 0 Å². The molecule has 0 aliphatic carbocycles. The largest absolute Gasteiger partial charge is 0.490 e. The van der Waals surface area contributed by atoms with Crippen LogP contribution in [0.3, 0.4) is 0 Å². The normalized spacial score (nSPS) is 23.8. The minimum Gasteiger partial charge on any atom is -0.390 e. The zero-order chi connectivity index (χ0) is 42.8. The number of hydrogen-bond acceptors (Lipinski definition) is 19. The highest BCUT2D eigenvalue weighted by Gasteiger charge is 2.50. The predicted octanol–water partition coefficient (Wildman–Crippen LogP) is 1.41. The molecule has 9 N–H and O–H groups in total. The standard InChI is InChI=1S/C21H42N4O25P6/c1-4-42-14-24(3)20(28)22-9-7-5-6-8-10-43-51(30,31)46-53(34,35)48-55(38,39)50-56(40,41)49-54(36,37)47-52(32,33)44-13-17-16(26)11-18(45-17)25-12-15(2)19(27)23-21(25)29/h12,16-18,26H,4-11,13-14H2,1-3H3,(H,22,28)(H,30,31)(H,32,33)(H,34,35)(H,36,37)(H,38,39)(H,40,41)(H,23,27,29)/t16-,17?,18-/m1/s1. The summed E-state index contributed by atoms with van der Waals surface area (Å²) in [5, 5.41) is 12.8. The first-order valence-electron chi connectivity index (χ1n) is 15.6. The number of aromatic amines is 1. The monoisotopic (exact) mass is 936 g/mol. The summed E-state index contributed by atoms with van der Waals surface area (Å²) in [6.07, 6.45) is -2.05. The molecule has 1 aromatic heterocycles. The zero-order valence-corrected chi connectivity index (χ0v) is 34.8. The van der Waals surface area contributed by atoms with E-state index in [4.69, 9.17) is 9.47 Å². The molecule has 7 unspecified atom stereocenters. The van der Waals surface area contributed by atoms with E-state index in [2.05, 4.69) is 35.9 Å². The van der Waals surface area contributed by atoms with Crippen LogP contribution >= 0.6 is 46.9 Å². The molecule has 29 nitrogen and oxygen atoms in total. The van der Waals surface area contributed by atoms with Gasteiger partial charge in [-0.2, -0.15) is 21.6 Å². The van der Waals surface area contributed by atoms with Gasteiger partial charge in [0.1, 0.15) is 19.1 Å². The first kappa shape index (κ1) is 50.8. The summed E-state index contributed by atoms with van der Waals surface area (Å²) in [5.74, 6) is 0. The maximum atomic E-state index is 12.3. The van der Waals surface area contributed by atoms with Crippen molar-refractivity contribution < 1.29 is 107 Å². The first-order chi connectivity index (χ1) is 25.6. The molecule has 326 valence electrons. The summed E-state index contributed by atoms with van der Waals surface area (Å²) in [6, 6.07) is -0.378. The molecule has 1 saturated heterocycles. The average Bonchev–Trinajstić information content (AvgIpc) is 3.38. The highest BCUT2D eigenvalue weighted by molar-refractivity contribution is 7.72. The quantitative estimate of drug-likeness (QED) is 0.0380. The summed E-state index contributed by atoms with van der Waals surface area (Å²) < 4.78 is 111. The molecule has 1 aliphatic rings. The lowest BCUT2D eigenvalue weighted by atomic mass is 10.2. The van der Waals surface area contributed by atoms with Crippen LogP contribution in [0.15, 0.2) is 15.8 Å². The Morgan fingerprint density at radius 1 is 0.857 bits per heavy atom. The second-order valence-electron chi connectivity index (χ2n) is 11.2. The van der Waals surface area contributed by atoms with Crippen molar-refractivity contribution >= 4 is 53.0 Å². The fraction of sp³-hybridized carbons (Fsp3) is 0.762. The molecular weight excluding hydrogens is 894 g/mol. The molecule has 0 saturated carbocycles. The number of H-pyrrole nitrogens is 1. The van der Waals surface area contributed by atoms with Gasteiger partial charge in [-0.3, -0.25) is 23.4 Å². The molecule has 1 fully saturated rings. The highest BCUT2D eigenvalue weighted by Crippen LogP contribution is 2.75. The van der Waals surface area contributed by atoms with Crippen molar-refractivity contribution in [1.29, 1.82) is 0 Å². The molecule has 0 radical (unpaired) electrons. The van der Waals surface area contributed by atoms with Gasteiger partial charge in [-0.25, -0.2) is 37.0 Å². The zero-order valence-electron chi connectivity index (χ0n) is 29.4. The number of carbonyl (C=O) groups is 1. The topological polar surface area (TPSA) is 414 Å². The van der Waals surface area contributed by atoms with Gasteiger partial charge in [-0.1, -0.05) is 12.8 Å². The van der Waals surface area contributed by atoms with Crippen LogP contribution in [0.5, 0.6) is 0 Å². The lowest BCUT2D eigenvalue weighted by Gasteiger charge is -2.21. The number of carbonyl (C=O) groups excluding carboxylic acids is 1. The van der Waals surface area contributed by atoms with Crippen molar-refractivity contribution in [2.24, 2.45) is 0 Å². The van der Waals surface area contributed by atoms with Gasteiger partial charge in [0.2, 0.25) is 0 Å². The van der Waals surface area contributed by atoms with Crippen molar-refractivity contribution in [3.8, 4) is 0 Å². The molecule has 9 atom stereocenters. The summed E-state index contributed by atoms with van der Waals surface area (Å²) in [5.41, 5.74) is -1.55. The minimum atomic E-state index is -6.48. The second-order valence-corrected chi connectivity index (χ2v) is 20.6. The third-order valence-corrected chi connectivity index (χ3v) is 15.8. The Balaban J connectivity index is 1.82. The molecule has 1 aromatic rings. The van der Waals surface area contributed by atoms with E-state index in [0.717, 1.165) is 10.8 Å². The number of aliphatic hydroxyl groups is 1. The number of aromatic nitrogens is 2. The molecule has 0 aromatic carbocycles. The lowest BCUT2D eigenvalue weighted by Crippen LogP contribution is -2.38. The maximum Gasteiger partial charge on any atom is 0.490 e. The number of urea groups is 1. The van der Waals surface area contributed by atoms with Crippen LogP contribution in [0, 0.1) is 6.92 Å². The Morgan fingerprint density at radius 2 is 1.36 bits per heavy atom. The number of phosphoric ester groups is 2. The number of amides is 2. The third kappa shape index (κ3) is 18.7. The SMILES string of the molecule is CCOCN(C)C(=O)NCCCCCCOP(=O)(O)OP(=O)(O)OP(=O)(O)OP(=O)(O)OP(=O)(O)OP(=O)(O)OCC1O[C@@H](n2cc(C)c(=O)[nH]c2=O)C[C@H]1O. The first-order valence-corrected chi connectivity index (χ1v) is 24.6. The van der Waals surface area contributed by atoms with E-state index in [1.54, 1.807) is 6.92 Å². The maximum absolute atomic E-state index is 12.3. The Kier molecular flexibility index (Phi) is 19.3. The van der Waals surface area contributed by atoms with Crippen LogP contribution in [0.2, 0.25) is 0 Å².